The number of carbonyl (C=O) groups is 3. The molecule has 12 rings (SSSR count). The summed E-state index contributed by atoms with van der Waals surface area (Å²) in [7, 11) is 0. The summed E-state index contributed by atoms with van der Waals surface area (Å²) in [4.78, 5) is 47.4. The zero-order chi connectivity index (χ0) is 74.5. The summed E-state index contributed by atoms with van der Waals surface area (Å²) < 4.78 is 17.7. The van der Waals surface area contributed by atoms with Crippen molar-refractivity contribution in [1.29, 1.82) is 0 Å². The van der Waals surface area contributed by atoms with E-state index in [1.54, 1.807) is 6.20 Å². The normalized spacial score (nSPS) is 11.5. The van der Waals surface area contributed by atoms with Crippen molar-refractivity contribution in [1.82, 2.24) is 15.0 Å². The molecule has 6 aromatic heterocycles. The van der Waals surface area contributed by atoms with Gasteiger partial charge < -0.3 is 38.5 Å². The molecule has 0 saturated heterocycles. The van der Waals surface area contributed by atoms with Gasteiger partial charge in [0.15, 0.2) is 22.9 Å². The summed E-state index contributed by atoms with van der Waals surface area (Å²) in [6.45, 7) is 36.4. The Morgan fingerprint density at radius 3 is 1.18 bits per heavy atom. The first-order valence-electron chi connectivity index (χ1n) is 35.5. The van der Waals surface area contributed by atoms with Crippen LogP contribution in [0.15, 0.2) is 195 Å². The van der Waals surface area contributed by atoms with Gasteiger partial charge in [-0.1, -0.05) is 197 Å². The average molecular weight is 1950 g/mol. The van der Waals surface area contributed by atoms with Crippen molar-refractivity contribution in [2.45, 2.75) is 163 Å². The third kappa shape index (κ3) is 28.2. The average Bonchev–Trinajstić information content (AvgIpc) is 1.71. The van der Waals surface area contributed by atoms with E-state index in [-0.39, 0.29) is 94.9 Å². The molecular weight excluding hydrogens is 1840 g/mol. The number of para-hydroxylation sites is 3. The molecule has 12 nitrogen and oxygen atoms in total. The molecule has 0 aliphatic carbocycles. The molecule has 3 radical (unpaired) electrons. The van der Waals surface area contributed by atoms with Crippen LogP contribution in [0.25, 0.3) is 99.7 Å². The molecule has 0 bridgehead atoms. The zero-order valence-corrected chi connectivity index (χ0v) is 71.1. The van der Waals surface area contributed by atoms with E-state index >= 15 is 0 Å². The van der Waals surface area contributed by atoms with Crippen LogP contribution in [0.2, 0.25) is 0 Å². The summed E-state index contributed by atoms with van der Waals surface area (Å²) in [6, 6.07) is 55.2. The smallest absolute Gasteiger partial charge is 0.218 e. The minimum Gasteiger partial charge on any atom is -0.512 e. The molecule has 0 aliphatic heterocycles. The quantitative estimate of drug-likeness (QED) is 0.0419. The first-order valence-corrected chi connectivity index (χ1v) is 35.5. The maximum absolute atomic E-state index is 11.2. The number of pyridine rings is 3. The van der Waals surface area contributed by atoms with Crippen molar-refractivity contribution >= 4 is 83.3 Å². The molecule has 3 N–H and O–H groups in total. The van der Waals surface area contributed by atoms with Crippen molar-refractivity contribution in [3.05, 3.63) is 233 Å². The molecule has 0 aliphatic rings. The van der Waals surface area contributed by atoms with Crippen molar-refractivity contribution in [3.63, 3.8) is 0 Å². The molecular formula is C90H102Ir3N3O9-3. The fourth-order valence-electron chi connectivity index (χ4n) is 11.8. The third-order valence-electron chi connectivity index (χ3n) is 15.7. The molecule has 0 unspecified atom stereocenters. The molecule has 561 valence electrons. The summed E-state index contributed by atoms with van der Waals surface area (Å²) in [6.07, 6.45) is 11.0. The topological polar surface area (TPSA) is 190 Å². The standard InChI is InChI=1S/3C19H14NO.3C11H20O2.3Ir/c1-12-7-13(2)9-14(8-12)17-10-16-15-5-3-4-6-18(15)21-19(16)11-20-17;1-12-9-13(2)11-14(10-12)17-8-7-16-15-5-3-4-6-18(15)21-19(16)20-17;1-12-9-13(2)11-14(10-12)18-19-16(7-8-20-18)15-5-3-4-6-17(15)21-19;3*1-8(2)5-10(12)7-11(13)6-9(3)4;;;/h3-8,10-11H,1-2H3;2*3-10H,1-2H3;3*7-9,12H,5-6H2,1-4H3;;;/q3*-1;;;;;;. The minimum absolute atomic E-state index is 0. The van der Waals surface area contributed by atoms with Gasteiger partial charge in [0.1, 0.15) is 22.3 Å². The van der Waals surface area contributed by atoms with Crippen LogP contribution in [0.4, 0.5) is 0 Å². The number of nitrogens with zero attached hydrogens (tertiary/aromatic N) is 3. The molecule has 0 spiro atoms. The van der Waals surface area contributed by atoms with Gasteiger partial charge in [0.25, 0.3) is 0 Å². The van der Waals surface area contributed by atoms with E-state index in [1.165, 1.54) is 34.9 Å². The summed E-state index contributed by atoms with van der Waals surface area (Å²) in [5.41, 5.74) is 17.7. The summed E-state index contributed by atoms with van der Waals surface area (Å²) >= 11 is 0. The van der Waals surface area contributed by atoms with Crippen molar-refractivity contribution in [3.8, 4) is 33.8 Å². The number of hydrogen-bond acceptors (Lipinski definition) is 12. The maximum atomic E-state index is 11.2. The molecule has 0 amide bonds. The molecule has 15 heteroatoms. The number of aliphatic hydroxyl groups is 3. The van der Waals surface area contributed by atoms with Gasteiger partial charge >= 0.3 is 0 Å². The molecule has 0 fully saturated rings. The number of ketones is 3. The van der Waals surface area contributed by atoms with Crippen LogP contribution in [0.1, 0.15) is 155 Å². The van der Waals surface area contributed by atoms with Crippen LogP contribution < -0.4 is 0 Å². The van der Waals surface area contributed by atoms with E-state index in [4.69, 9.17) is 13.3 Å². The fourth-order valence-corrected chi connectivity index (χ4v) is 11.8. The Morgan fingerprint density at radius 1 is 0.381 bits per heavy atom. The number of benzene rings is 6. The molecule has 6 heterocycles. The van der Waals surface area contributed by atoms with E-state index in [0.29, 0.717) is 79.7 Å². The fraction of sp³-hybridized carbons (Fsp3) is 0.333. The van der Waals surface area contributed by atoms with E-state index in [1.807, 2.05) is 156 Å². The Balaban J connectivity index is 0.000000270. The van der Waals surface area contributed by atoms with E-state index in [0.717, 1.165) is 111 Å². The van der Waals surface area contributed by atoms with Gasteiger partial charge in [-0.15, -0.1) is 105 Å². The second kappa shape index (κ2) is 42.8. The van der Waals surface area contributed by atoms with Crippen molar-refractivity contribution in [2.24, 2.45) is 35.5 Å². The van der Waals surface area contributed by atoms with Gasteiger partial charge in [-0.05, 0) is 71.2 Å². The second-order valence-corrected chi connectivity index (χ2v) is 29.1. The maximum Gasteiger partial charge on any atom is 0.218 e. The largest absolute Gasteiger partial charge is 0.512 e. The van der Waals surface area contributed by atoms with Crippen LogP contribution in [0, 0.1) is 95.2 Å². The Bertz CT molecular complexity index is 4750. The summed E-state index contributed by atoms with van der Waals surface area (Å²) in [5.74, 6) is 2.94. The second-order valence-electron chi connectivity index (χ2n) is 29.1. The van der Waals surface area contributed by atoms with E-state index in [9.17, 15) is 29.7 Å². The number of furan rings is 3. The number of allylic oxidation sites excluding steroid dienone is 6. The molecule has 12 aromatic rings. The molecule has 0 atom stereocenters. The van der Waals surface area contributed by atoms with Gasteiger partial charge in [-0.25, -0.2) is 0 Å². The van der Waals surface area contributed by atoms with E-state index < -0.39 is 0 Å². The Kier molecular flexibility index (Phi) is 36.3. The monoisotopic (exact) mass is 1950 g/mol. The van der Waals surface area contributed by atoms with Crippen LogP contribution in [-0.4, -0.2) is 47.6 Å². The Morgan fingerprint density at radius 2 is 0.752 bits per heavy atom. The van der Waals surface area contributed by atoms with Gasteiger partial charge in [-0.2, -0.15) is 0 Å². The van der Waals surface area contributed by atoms with Crippen molar-refractivity contribution < 1.29 is 103 Å². The number of fused-ring (bicyclic) bond motifs is 9. The van der Waals surface area contributed by atoms with Crippen molar-refractivity contribution in [2.75, 3.05) is 0 Å². The molecule has 105 heavy (non-hydrogen) atoms. The number of aryl methyl sites for hydroxylation is 6. The van der Waals surface area contributed by atoms with Crippen LogP contribution in [0.5, 0.6) is 0 Å². The number of hydrogen-bond donors (Lipinski definition) is 3. The van der Waals surface area contributed by atoms with Gasteiger partial charge in [0.2, 0.25) is 5.71 Å². The SMILES string of the molecule is CC(C)CC(=O)C=C(O)CC(C)C.CC(C)CC(=O)C=C(O)CC(C)C.CC(C)CC(=O)C=C(O)CC(C)C.Cc1[c-]c(-c2cc3c(cn2)oc2ccccc23)cc(C)c1.Cc1[c-]c(-c2ccc3c(n2)oc2ccccc23)cc(C)c1.Cc1[c-]c(-c2nccc3c2oc2ccccc23)cc(C)c1.[Ir].[Ir].[Ir]. The third-order valence-corrected chi connectivity index (χ3v) is 15.7. The summed E-state index contributed by atoms with van der Waals surface area (Å²) in [5, 5.41) is 34.6. The first-order chi connectivity index (χ1) is 48.4. The molecule has 6 aromatic carbocycles. The van der Waals surface area contributed by atoms with Crippen LogP contribution >= 0.6 is 0 Å². The van der Waals surface area contributed by atoms with E-state index in [2.05, 4.69) is 141 Å². The number of aromatic nitrogens is 3. The Labute approximate surface area is 661 Å². The Hall–Kier alpha value is -8.25. The van der Waals surface area contributed by atoms with Crippen LogP contribution in [0.3, 0.4) is 0 Å². The number of rotatable bonds is 18. The predicted octanol–water partition coefficient (Wildman–Crippen LogP) is 24.5. The molecule has 0 saturated carbocycles. The number of aliphatic hydroxyl groups excluding tert-OH is 3. The number of carbonyl (C=O) groups excluding carboxylic acids is 3. The van der Waals surface area contributed by atoms with Gasteiger partial charge in [0, 0.05) is 161 Å². The zero-order valence-electron chi connectivity index (χ0n) is 63.9. The van der Waals surface area contributed by atoms with Gasteiger partial charge in [-0.3, -0.25) is 19.4 Å². The van der Waals surface area contributed by atoms with Crippen LogP contribution in [-0.2, 0) is 74.7 Å². The minimum atomic E-state index is 0. The predicted molar refractivity (Wildman–Crippen MR) is 420 cm³/mol. The first kappa shape index (κ1) is 89.1. The van der Waals surface area contributed by atoms with Gasteiger partial charge in [0.05, 0.1) is 23.5 Å².